The molecule has 4 heterocycles. The van der Waals surface area contributed by atoms with Crippen LogP contribution in [0.1, 0.15) is 17.0 Å². The number of imidazole rings is 1. The van der Waals surface area contributed by atoms with E-state index >= 15 is 0 Å². The maximum absolute atomic E-state index is 12.7. The summed E-state index contributed by atoms with van der Waals surface area (Å²) in [6.07, 6.45) is 3.33. The van der Waals surface area contributed by atoms with Crippen LogP contribution in [0.15, 0.2) is 68.7 Å². The molecule has 5 rings (SSSR count). The molecule has 12 heteroatoms. The predicted octanol–water partition coefficient (Wildman–Crippen LogP) is 3.91. The van der Waals surface area contributed by atoms with Gasteiger partial charge < -0.3 is 10.3 Å². The number of hydrogen-bond donors (Lipinski definition) is 2. The van der Waals surface area contributed by atoms with E-state index in [1.54, 1.807) is 32.3 Å². The van der Waals surface area contributed by atoms with Crippen LogP contribution in [0.5, 0.6) is 0 Å². The molecule has 0 spiro atoms. The van der Waals surface area contributed by atoms with Crippen molar-refractivity contribution < 1.29 is 12.9 Å². The molecule has 5 aromatic rings. The maximum atomic E-state index is 12.7. The van der Waals surface area contributed by atoms with Crippen molar-refractivity contribution in [3.05, 3.63) is 76.3 Å². The molecular weight excluding hydrogens is 534 g/mol. The fraction of sp³-hybridized carbons (Fsp3) is 0.130. The Morgan fingerprint density at radius 1 is 1.14 bits per heavy atom. The maximum Gasteiger partial charge on any atom is 0.246 e. The quantitative estimate of drug-likeness (QED) is 0.322. The van der Waals surface area contributed by atoms with Crippen LogP contribution < -0.4 is 10.5 Å². The average Bonchev–Trinajstić information content (AvgIpc) is 3.37. The van der Waals surface area contributed by atoms with Gasteiger partial charge in [-0.05, 0) is 65.7 Å². The van der Waals surface area contributed by atoms with E-state index in [4.69, 9.17) is 15.2 Å². The number of fused-ring (bicyclic) bond motifs is 1. The van der Waals surface area contributed by atoms with E-state index in [0.717, 1.165) is 15.7 Å². The standard InChI is InChI=1S/C23H20BrN7O3S/c1-13-20(14(2)34-30-13)35(32,33)28-11-15-5-7-17(8-6-15)31-22(18-4-3-9-26-21(18)25)29-19-10-16(24)12-27-23(19)31/h3-10,12,28H,11H2,1-2H3,(H2,25,26). The molecular formula is C23H20BrN7O3S. The number of halogens is 1. The number of pyridine rings is 2. The second-order valence-corrected chi connectivity index (χ2v) is 10.5. The smallest absolute Gasteiger partial charge is 0.246 e. The predicted molar refractivity (Wildman–Crippen MR) is 134 cm³/mol. The monoisotopic (exact) mass is 553 g/mol. The van der Waals surface area contributed by atoms with E-state index in [0.29, 0.717) is 34.1 Å². The lowest BCUT2D eigenvalue weighted by molar-refractivity contribution is 0.390. The highest BCUT2D eigenvalue weighted by atomic mass is 79.9. The lowest BCUT2D eigenvalue weighted by atomic mass is 10.2. The van der Waals surface area contributed by atoms with Gasteiger partial charge in [0.15, 0.2) is 17.2 Å². The van der Waals surface area contributed by atoms with Crippen molar-refractivity contribution in [3.63, 3.8) is 0 Å². The Hall–Kier alpha value is -3.61. The molecule has 3 N–H and O–H groups in total. The lowest BCUT2D eigenvalue weighted by Gasteiger charge is -2.11. The molecule has 0 saturated heterocycles. The zero-order chi connectivity index (χ0) is 24.7. The van der Waals surface area contributed by atoms with Gasteiger partial charge in [-0.15, -0.1) is 0 Å². The van der Waals surface area contributed by atoms with E-state index in [2.05, 4.69) is 35.8 Å². The van der Waals surface area contributed by atoms with Crippen molar-refractivity contribution in [3.8, 4) is 17.1 Å². The number of nitrogens with zero attached hydrogens (tertiary/aromatic N) is 5. The van der Waals surface area contributed by atoms with Crippen molar-refractivity contribution in [1.29, 1.82) is 0 Å². The first-order valence-electron chi connectivity index (χ1n) is 10.5. The first-order chi connectivity index (χ1) is 16.7. The zero-order valence-corrected chi connectivity index (χ0v) is 21.1. The fourth-order valence-corrected chi connectivity index (χ4v) is 5.51. The van der Waals surface area contributed by atoms with Crippen LogP contribution in [0.2, 0.25) is 0 Å². The van der Waals surface area contributed by atoms with E-state index in [1.165, 1.54) is 0 Å². The molecule has 1 aromatic carbocycles. The van der Waals surface area contributed by atoms with Crippen molar-refractivity contribution in [1.82, 2.24) is 29.4 Å². The number of rotatable bonds is 6. The van der Waals surface area contributed by atoms with Gasteiger partial charge in [-0.3, -0.25) is 4.57 Å². The minimum absolute atomic E-state index is 0.0648. The Bertz CT molecular complexity index is 1640. The third-order valence-electron chi connectivity index (χ3n) is 5.44. The van der Waals surface area contributed by atoms with Gasteiger partial charge >= 0.3 is 0 Å². The number of nitrogen functional groups attached to an aromatic ring is 1. The van der Waals surface area contributed by atoms with E-state index < -0.39 is 10.0 Å². The highest BCUT2D eigenvalue weighted by Gasteiger charge is 2.24. The SMILES string of the molecule is Cc1noc(C)c1S(=O)(=O)NCc1ccc(-n2c(-c3cccnc3N)nc3cc(Br)cnc32)cc1. The van der Waals surface area contributed by atoms with Crippen LogP contribution in [-0.4, -0.2) is 33.1 Å². The third-order valence-corrected chi connectivity index (χ3v) is 7.52. The summed E-state index contributed by atoms with van der Waals surface area (Å²) in [5.41, 5.74) is 10.0. The van der Waals surface area contributed by atoms with Crippen molar-refractivity contribution in [2.24, 2.45) is 0 Å². The number of nitrogens with two attached hydrogens (primary N) is 1. The number of anilines is 1. The van der Waals surface area contributed by atoms with Crippen LogP contribution in [-0.2, 0) is 16.6 Å². The molecule has 0 fully saturated rings. The summed E-state index contributed by atoms with van der Waals surface area (Å²) >= 11 is 3.44. The topological polar surface area (TPSA) is 142 Å². The average molecular weight is 554 g/mol. The van der Waals surface area contributed by atoms with E-state index in [-0.39, 0.29) is 17.2 Å². The van der Waals surface area contributed by atoms with Crippen LogP contribution in [0.4, 0.5) is 5.82 Å². The van der Waals surface area contributed by atoms with Crippen molar-refractivity contribution >= 4 is 42.9 Å². The number of nitrogens with one attached hydrogen (secondary N) is 1. The van der Waals surface area contributed by atoms with Crippen LogP contribution in [0.3, 0.4) is 0 Å². The molecule has 0 unspecified atom stereocenters. The van der Waals surface area contributed by atoms with E-state index in [9.17, 15) is 8.42 Å². The largest absolute Gasteiger partial charge is 0.383 e. The third kappa shape index (κ3) is 4.31. The summed E-state index contributed by atoms with van der Waals surface area (Å²) in [6, 6.07) is 13.0. The Morgan fingerprint density at radius 3 is 2.60 bits per heavy atom. The van der Waals surface area contributed by atoms with Crippen LogP contribution >= 0.6 is 15.9 Å². The molecule has 10 nitrogen and oxygen atoms in total. The highest BCUT2D eigenvalue weighted by molar-refractivity contribution is 9.10. The van der Waals surface area contributed by atoms with Crippen LogP contribution in [0, 0.1) is 13.8 Å². The van der Waals surface area contributed by atoms with Gasteiger partial charge in [0.2, 0.25) is 10.0 Å². The molecule has 0 radical (unpaired) electrons. The van der Waals surface area contributed by atoms with Gasteiger partial charge in [0, 0.05) is 29.1 Å². The molecule has 0 atom stereocenters. The summed E-state index contributed by atoms with van der Waals surface area (Å²) in [7, 11) is -3.77. The summed E-state index contributed by atoms with van der Waals surface area (Å²) in [5, 5.41) is 3.72. The zero-order valence-electron chi connectivity index (χ0n) is 18.7. The Balaban J connectivity index is 1.50. The molecule has 0 saturated carbocycles. The Labute approximate surface area is 209 Å². The Kier molecular flexibility index (Phi) is 5.87. The molecule has 0 bridgehead atoms. The summed E-state index contributed by atoms with van der Waals surface area (Å²) in [4.78, 5) is 13.6. The molecule has 0 amide bonds. The molecule has 0 aliphatic heterocycles. The second-order valence-electron chi connectivity index (χ2n) is 7.85. The highest BCUT2D eigenvalue weighted by Crippen LogP contribution is 2.31. The molecule has 0 aliphatic rings. The van der Waals surface area contributed by atoms with E-state index in [1.807, 2.05) is 41.0 Å². The summed E-state index contributed by atoms with van der Waals surface area (Å²) < 4.78 is 35.7. The first-order valence-corrected chi connectivity index (χ1v) is 12.8. The van der Waals surface area contributed by atoms with Gasteiger partial charge in [-0.1, -0.05) is 17.3 Å². The minimum atomic E-state index is -3.77. The minimum Gasteiger partial charge on any atom is -0.383 e. The number of aryl methyl sites for hydroxylation is 2. The van der Waals surface area contributed by atoms with Crippen molar-refractivity contribution in [2.75, 3.05) is 5.73 Å². The van der Waals surface area contributed by atoms with Gasteiger partial charge in [-0.25, -0.2) is 28.1 Å². The lowest BCUT2D eigenvalue weighted by Crippen LogP contribution is -2.24. The number of hydrogen-bond acceptors (Lipinski definition) is 8. The normalized spacial score (nSPS) is 11.9. The summed E-state index contributed by atoms with van der Waals surface area (Å²) in [5.74, 6) is 1.20. The first kappa shape index (κ1) is 23.1. The Morgan fingerprint density at radius 2 is 1.91 bits per heavy atom. The van der Waals surface area contributed by atoms with Crippen LogP contribution in [0.25, 0.3) is 28.2 Å². The van der Waals surface area contributed by atoms with Crippen molar-refractivity contribution in [2.45, 2.75) is 25.3 Å². The number of sulfonamides is 1. The van der Waals surface area contributed by atoms with Gasteiger partial charge in [-0.2, -0.15) is 0 Å². The molecule has 35 heavy (non-hydrogen) atoms. The number of aromatic nitrogens is 5. The molecule has 4 aromatic heterocycles. The summed E-state index contributed by atoms with van der Waals surface area (Å²) in [6.45, 7) is 3.26. The van der Waals surface area contributed by atoms with Gasteiger partial charge in [0.25, 0.3) is 0 Å². The molecule has 178 valence electrons. The number of benzene rings is 1. The van der Waals surface area contributed by atoms with Gasteiger partial charge in [0.05, 0.1) is 5.56 Å². The van der Waals surface area contributed by atoms with Gasteiger partial charge in [0.1, 0.15) is 21.9 Å². The molecule has 0 aliphatic carbocycles. The second kappa shape index (κ2) is 8.87. The fourth-order valence-electron chi connectivity index (χ4n) is 3.84.